The fourth-order valence-electron chi connectivity index (χ4n) is 0. The van der Waals surface area contributed by atoms with E-state index in [4.69, 9.17) is 5.11 Å². The third-order valence-corrected chi connectivity index (χ3v) is 0.681. The molecule has 0 aliphatic heterocycles. The van der Waals surface area contributed by atoms with Crippen molar-refractivity contribution in [3.63, 3.8) is 0 Å². The largest absolute Gasteiger partial charge is 0.564 e. The first kappa shape index (κ1) is 6.47. The zero-order chi connectivity index (χ0) is 6.08. The van der Waals surface area contributed by atoms with Gasteiger partial charge in [-0.25, -0.2) is 0 Å². The Balaban J connectivity index is 3.79. The molecule has 0 spiro atoms. The zero-order valence-corrected chi connectivity index (χ0v) is 4.91. The average molecular weight is 103 g/mol. The Hall–Kier alpha value is -0.530. The number of carbonyl (C=O) groups is 1. The lowest BCUT2D eigenvalue weighted by Crippen LogP contribution is -2.18. The molecule has 0 radical (unpaired) electrons. The van der Waals surface area contributed by atoms with E-state index in [-0.39, 0.29) is 0 Å². The summed E-state index contributed by atoms with van der Waals surface area (Å²) in [4.78, 5) is 10.1. The first-order chi connectivity index (χ1) is 2.94. The topological polar surface area (TPSA) is 40.0 Å². The highest BCUT2D eigenvalue weighted by Crippen LogP contribution is 2.11. The molecule has 0 atom stereocenters. The van der Waals surface area contributed by atoms with Crippen LogP contribution in [-0.2, 0) is 4.79 Å². The number of hydrogen-bond acceptors (Lipinski definition) is 1. The van der Waals surface area contributed by atoms with Gasteiger partial charge in [0.2, 0.25) is 0 Å². The SMILES string of the molecule is CC(C)(C)C(=O)[OH2+]. The average Bonchev–Trinajstić information content (AvgIpc) is 1.31. The molecule has 2 N–H and O–H groups in total. The molecule has 42 valence electrons. The molecule has 0 saturated carbocycles. The van der Waals surface area contributed by atoms with Crippen LogP contribution in [0.15, 0.2) is 0 Å². The lowest BCUT2D eigenvalue weighted by molar-refractivity contribution is -0.145. The summed E-state index contributed by atoms with van der Waals surface area (Å²) in [5, 5.41) is 6.59. The van der Waals surface area contributed by atoms with E-state index in [0.717, 1.165) is 0 Å². The normalized spacial score (nSPS) is 11.3. The lowest BCUT2D eigenvalue weighted by atomic mass is 9.98. The van der Waals surface area contributed by atoms with Crippen molar-refractivity contribution >= 4 is 5.97 Å². The van der Waals surface area contributed by atoms with Crippen LogP contribution < -0.4 is 0 Å². The molecule has 0 bridgehead atoms. The maximum absolute atomic E-state index is 10.1. The predicted molar refractivity (Wildman–Crippen MR) is 28.1 cm³/mol. The van der Waals surface area contributed by atoms with Crippen LogP contribution >= 0.6 is 0 Å². The molecule has 0 amide bonds. The van der Waals surface area contributed by atoms with Crippen LogP contribution in [0.4, 0.5) is 0 Å². The van der Waals surface area contributed by atoms with Crippen LogP contribution in [0.3, 0.4) is 0 Å². The maximum Gasteiger partial charge on any atom is 0.521 e. The molecule has 0 aromatic carbocycles. The molecule has 0 aliphatic rings. The monoisotopic (exact) mass is 103 g/mol. The van der Waals surface area contributed by atoms with Gasteiger partial charge in [-0.05, 0) is 20.8 Å². The molecule has 2 heteroatoms. The van der Waals surface area contributed by atoms with E-state index in [1.165, 1.54) is 0 Å². The third-order valence-electron chi connectivity index (χ3n) is 0.681. The standard InChI is InChI=1S/C5H10O2/c1-5(2,3)4(6)7/h1-3H3,(H,6,7)/p+1. The van der Waals surface area contributed by atoms with E-state index < -0.39 is 11.4 Å². The first-order valence-corrected chi connectivity index (χ1v) is 2.20. The predicted octanol–water partition coefficient (Wildman–Crippen LogP) is 0.284. The summed E-state index contributed by atoms with van der Waals surface area (Å²) in [6.07, 6.45) is 0. The second-order valence-electron chi connectivity index (χ2n) is 2.58. The molecule has 2 nitrogen and oxygen atoms in total. The molecule has 0 rings (SSSR count). The Morgan fingerprint density at radius 3 is 1.57 bits per heavy atom. The van der Waals surface area contributed by atoms with Crippen LogP contribution in [-0.4, -0.2) is 11.1 Å². The molecule has 0 fully saturated rings. The second-order valence-corrected chi connectivity index (χ2v) is 2.58. The van der Waals surface area contributed by atoms with Gasteiger partial charge in [0.05, 0.1) is 0 Å². The summed E-state index contributed by atoms with van der Waals surface area (Å²) in [6, 6.07) is 0. The molecular formula is C5H11O2+. The van der Waals surface area contributed by atoms with Crippen LogP contribution in [0, 0.1) is 5.41 Å². The summed E-state index contributed by atoms with van der Waals surface area (Å²) < 4.78 is 0. The van der Waals surface area contributed by atoms with Gasteiger partial charge in [-0.1, -0.05) is 0 Å². The number of rotatable bonds is 0. The third kappa shape index (κ3) is 2.20. The van der Waals surface area contributed by atoms with Crippen molar-refractivity contribution < 1.29 is 9.90 Å². The highest BCUT2D eigenvalue weighted by molar-refractivity contribution is 5.72. The highest BCUT2D eigenvalue weighted by atomic mass is 16.4. The minimum absolute atomic E-state index is 0.472. The first-order valence-electron chi connectivity index (χ1n) is 2.20. The van der Waals surface area contributed by atoms with Crippen molar-refractivity contribution in [3.05, 3.63) is 0 Å². The summed E-state index contributed by atoms with van der Waals surface area (Å²) >= 11 is 0. The smallest absolute Gasteiger partial charge is 0.521 e. The summed E-state index contributed by atoms with van der Waals surface area (Å²) in [5.74, 6) is -0.507. The molecule has 0 aromatic rings. The van der Waals surface area contributed by atoms with Gasteiger partial charge >= 0.3 is 5.97 Å². The highest BCUT2D eigenvalue weighted by Gasteiger charge is 2.27. The Bertz CT molecular complexity index is 78.6. The van der Waals surface area contributed by atoms with Gasteiger partial charge in [0.25, 0.3) is 0 Å². The molecule has 0 unspecified atom stereocenters. The van der Waals surface area contributed by atoms with Crippen molar-refractivity contribution in [2.75, 3.05) is 0 Å². The van der Waals surface area contributed by atoms with Gasteiger partial charge in [-0.3, -0.25) is 0 Å². The maximum atomic E-state index is 10.1. The van der Waals surface area contributed by atoms with E-state index in [1.54, 1.807) is 20.8 Å². The van der Waals surface area contributed by atoms with Crippen LogP contribution in [0.2, 0.25) is 0 Å². The van der Waals surface area contributed by atoms with Crippen LogP contribution in [0.1, 0.15) is 20.8 Å². The summed E-state index contributed by atoms with van der Waals surface area (Å²) in [5.41, 5.74) is -0.472. The van der Waals surface area contributed by atoms with Gasteiger partial charge in [0, 0.05) is 4.79 Å². The van der Waals surface area contributed by atoms with Crippen molar-refractivity contribution in [2.45, 2.75) is 20.8 Å². The quantitative estimate of drug-likeness (QED) is 0.406. The second kappa shape index (κ2) is 1.52. The van der Waals surface area contributed by atoms with Crippen LogP contribution in [0.5, 0.6) is 0 Å². The van der Waals surface area contributed by atoms with E-state index in [1.807, 2.05) is 0 Å². The summed E-state index contributed by atoms with van der Waals surface area (Å²) in [6.45, 7) is 5.17. The number of carbonyl (C=O) groups excluding carboxylic acids is 1. The van der Waals surface area contributed by atoms with Crippen molar-refractivity contribution in [1.29, 1.82) is 0 Å². The minimum Gasteiger partial charge on any atom is -0.564 e. The van der Waals surface area contributed by atoms with Gasteiger partial charge < -0.3 is 5.11 Å². The van der Waals surface area contributed by atoms with Crippen molar-refractivity contribution in [2.24, 2.45) is 5.41 Å². The Labute approximate surface area is 43.2 Å². The molecule has 0 aromatic heterocycles. The van der Waals surface area contributed by atoms with Crippen LogP contribution in [0.25, 0.3) is 0 Å². The van der Waals surface area contributed by atoms with E-state index in [2.05, 4.69) is 0 Å². The zero-order valence-electron chi connectivity index (χ0n) is 4.91. The molecule has 0 aliphatic carbocycles. The Morgan fingerprint density at radius 2 is 1.57 bits per heavy atom. The molecule has 0 saturated heterocycles. The van der Waals surface area contributed by atoms with Gasteiger partial charge in [-0.15, -0.1) is 0 Å². The van der Waals surface area contributed by atoms with E-state index >= 15 is 0 Å². The fraction of sp³-hybridized carbons (Fsp3) is 0.800. The molecular weight excluding hydrogens is 92.1 g/mol. The minimum atomic E-state index is -0.507. The van der Waals surface area contributed by atoms with E-state index in [9.17, 15) is 4.79 Å². The van der Waals surface area contributed by atoms with Crippen molar-refractivity contribution in [3.8, 4) is 0 Å². The van der Waals surface area contributed by atoms with Gasteiger partial charge in [0.1, 0.15) is 5.41 Å². The van der Waals surface area contributed by atoms with Gasteiger partial charge in [0.15, 0.2) is 0 Å². The Kier molecular flexibility index (Phi) is 1.41. The fourth-order valence-corrected chi connectivity index (χ4v) is 0. The lowest BCUT2D eigenvalue weighted by Gasteiger charge is -2.02. The molecule has 0 heterocycles. The van der Waals surface area contributed by atoms with Gasteiger partial charge in [-0.2, -0.15) is 0 Å². The Morgan fingerprint density at radius 1 is 1.43 bits per heavy atom. The van der Waals surface area contributed by atoms with Crippen molar-refractivity contribution in [1.82, 2.24) is 0 Å². The van der Waals surface area contributed by atoms with E-state index in [0.29, 0.717) is 0 Å². The molecule has 7 heavy (non-hydrogen) atoms. The summed E-state index contributed by atoms with van der Waals surface area (Å²) in [7, 11) is 0. The number of hydrogen-bond donors (Lipinski definition) is 0.